The fourth-order valence-electron chi connectivity index (χ4n) is 2.62. The maximum absolute atomic E-state index is 13.9. The normalized spacial score (nSPS) is 11.0. The van der Waals surface area contributed by atoms with E-state index in [-0.39, 0.29) is 31.0 Å². The molecule has 0 saturated heterocycles. The molecule has 1 N–H and O–H groups in total. The Hall–Kier alpha value is -2.81. The van der Waals surface area contributed by atoms with Crippen LogP contribution in [0.4, 0.5) is 10.1 Å². The minimum Gasteiger partial charge on any atom is -0.497 e. The number of sulfonamides is 1. The van der Waals surface area contributed by atoms with Gasteiger partial charge in [-0.1, -0.05) is 12.1 Å². The Morgan fingerprint density at radius 3 is 2.38 bits per heavy atom. The van der Waals surface area contributed by atoms with Crippen molar-refractivity contribution >= 4 is 21.6 Å². The summed E-state index contributed by atoms with van der Waals surface area (Å²) in [7, 11) is -2.08. The van der Waals surface area contributed by atoms with Crippen molar-refractivity contribution in [1.82, 2.24) is 5.32 Å². The topological polar surface area (TPSA) is 84.9 Å². The van der Waals surface area contributed by atoms with Gasteiger partial charge < -0.3 is 14.8 Å². The summed E-state index contributed by atoms with van der Waals surface area (Å²) in [5.74, 6) is 0.529. The fourth-order valence-corrected chi connectivity index (χ4v) is 3.59. The van der Waals surface area contributed by atoms with E-state index < -0.39 is 15.8 Å². The van der Waals surface area contributed by atoms with Crippen molar-refractivity contribution < 1.29 is 27.1 Å². The van der Waals surface area contributed by atoms with Gasteiger partial charge in [-0.05, 0) is 42.8 Å². The molecule has 0 heterocycles. The lowest BCUT2D eigenvalue weighted by Gasteiger charge is -2.22. The molecule has 1 amide bonds. The highest BCUT2D eigenvalue weighted by atomic mass is 32.2. The van der Waals surface area contributed by atoms with E-state index in [1.165, 1.54) is 18.2 Å². The van der Waals surface area contributed by atoms with E-state index in [4.69, 9.17) is 9.47 Å². The monoisotopic (exact) mass is 424 g/mol. The molecule has 0 aliphatic heterocycles. The van der Waals surface area contributed by atoms with Crippen molar-refractivity contribution in [2.24, 2.45) is 0 Å². The molecular formula is C20H25FN2O5S. The van der Waals surface area contributed by atoms with Crippen LogP contribution in [0.3, 0.4) is 0 Å². The van der Waals surface area contributed by atoms with Crippen LogP contribution in [0.25, 0.3) is 0 Å². The molecule has 0 fully saturated rings. The smallest absolute Gasteiger partial charge is 0.232 e. The van der Waals surface area contributed by atoms with E-state index in [9.17, 15) is 17.6 Å². The standard InChI is InChI=1S/C20H25FN2O5S/c1-27-16-9-11-17(12-10-16)28-15-13-22-20(24)8-5-14-23(29(2,25)26)19-7-4-3-6-18(19)21/h3-4,6-7,9-12H,5,8,13-15H2,1-2H3,(H,22,24). The molecule has 0 aromatic heterocycles. The predicted molar refractivity (Wildman–Crippen MR) is 109 cm³/mol. The molecule has 0 spiro atoms. The summed E-state index contributed by atoms with van der Waals surface area (Å²) in [5.41, 5.74) is -0.0247. The van der Waals surface area contributed by atoms with E-state index in [0.29, 0.717) is 18.9 Å². The molecule has 0 aliphatic carbocycles. The van der Waals surface area contributed by atoms with Crippen LogP contribution in [0.15, 0.2) is 48.5 Å². The van der Waals surface area contributed by atoms with Gasteiger partial charge in [-0.15, -0.1) is 0 Å². The quantitative estimate of drug-likeness (QED) is 0.561. The third-order valence-electron chi connectivity index (χ3n) is 4.04. The maximum atomic E-state index is 13.9. The maximum Gasteiger partial charge on any atom is 0.232 e. The first-order valence-corrected chi connectivity index (χ1v) is 10.9. The molecule has 0 saturated carbocycles. The number of para-hydroxylation sites is 1. The molecule has 0 radical (unpaired) electrons. The Bertz CT molecular complexity index is 903. The van der Waals surface area contributed by atoms with Crippen molar-refractivity contribution in [2.75, 3.05) is 37.4 Å². The Balaban J connectivity index is 1.74. The van der Waals surface area contributed by atoms with Gasteiger partial charge in [0.2, 0.25) is 15.9 Å². The second-order valence-corrected chi connectivity index (χ2v) is 8.17. The van der Waals surface area contributed by atoms with Crippen molar-refractivity contribution in [1.29, 1.82) is 0 Å². The van der Waals surface area contributed by atoms with Gasteiger partial charge in [0, 0.05) is 13.0 Å². The average Bonchev–Trinajstić information content (AvgIpc) is 2.69. The number of halogens is 1. The summed E-state index contributed by atoms with van der Waals surface area (Å²) in [4.78, 5) is 11.9. The van der Waals surface area contributed by atoms with Gasteiger partial charge in [0.05, 0.1) is 25.6 Å². The summed E-state index contributed by atoms with van der Waals surface area (Å²) in [6.45, 7) is 0.617. The van der Waals surface area contributed by atoms with Gasteiger partial charge in [0.15, 0.2) is 0 Å². The number of anilines is 1. The number of benzene rings is 2. The summed E-state index contributed by atoms with van der Waals surface area (Å²) < 4.78 is 49.4. The first-order chi connectivity index (χ1) is 13.8. The van der Waals surface area contributed by atoms with E-state index >= 15 is 0 Å². The van der Waals surface area contributed by atoms with Gasteiger partial charge in [0.25, 0.3) is 0 Å². The van der Waals surface area contributed by atoms with E-state index in [0.717, 1.165) is 16.3 Å². The first-order valence-electron chi connectivity index (χ1n) is 9.07. The number of hydrogen-bond acceptors (Lipinski definition) is 5. The Morgan fingerprint density at radius 2 is 1.76 bits per heavy atom. The molecule has 158 valence electrons. The third kappa shape index (κ3) is 7.26. The second kappa shape index (κ2) is 10.7. The molecule has 0 atom stereocenters. The van der Waals surface area contributed by atoms with Crippen LogP contribution in [0.5, 0.6) is 11.5 Å². The highest BCUT2D eigenvalue weighted by molar-refractivity contribution is 7.92. The van der Waals surface area contributed by atoms with Crippen LogP contribution in [0.2, 0.25) is 0 Å². The summed E-state index contributed by atoms with van der Waals surface area (Å²) >= 11 is 0. The first kappa shape index (κ1) is 22.5. The molecule has 0 aliphatic rings. The number of nitrogens with one attached hydrogen (secondary N) is 1. The number of rotatable bonds is 11. The highest BCUT2D eigenvalue weighted by Crippen LogP contribution is 2.21. The lowest BCUT2D eigenvalue weighted by molar-refractivity contribution is -0.121. The molecule has 2 rings (SSSR count). The lowest BCUT2D eigenvalue weighted by atomic mass is 10.2. The summed E-state index contributed by atoms with van der Waals surface area (Å²) in [6.07, 6.45) is 1.38. The van der Waals surface area contributed by atoms with E-state index in [2.05, 4.69) is 5.32 Å². The Morgan fingerprint density at radius 1 is 1.10 bits per heavy atom. The number of carbonyl (C=O) groups is 1. The summed E-state index contributed by atoms with van der Waals surface area (Å²) in [5, 5.41) is 2.71. The van der Waals surface area contributed by atoms with E-state index in [1.807, 2.05) is 0 Å². The molecule has 0 unspecified atom stereocenters. The van der Waals surface area contributed by atoms with Gasteiger partial charge in [-0.2, -0.15) is 0 Å². The Labute approximate surface area is 170 Å². The van der Waals surface area contributed by atoms with Crippen LogP contribution in [0, 0.1) is 5.82 Å². The highest BCUT2D eigenvalue weighted by Gasteiger charge is 2.20. The minimum atomic E-state index is -3.66. The van der Waals surface area contributed by atoms with Gasteiger partial charge in [0.1, 0.15) is 23.9 Å². The molecular weight excluding hydrogens is 399 g/mol. The SMILES string of the molecule is COc1ccc(OCCNC(=O)CCCN(c2ccccc2F)S(C)(=O)=O)cc1. The second-order valence-electron chi connectivity index (χ2n) is 6.26. The molecule has 7 nitrogen and oxygen atoms in total. The Kier molecular flexibility index (Phi) is 8.26. The largest absolute Gasteiger partial charge is 0.497 e. The number of hydrogen-bond donors (Lipinski definition) is 1. The van der Waals surface area contributed by atoms with Crippen molar-refractivity contribution in [3.05, 3.63) is 54.3 Å². The molecule has 0 bridgehead atoms. The lowest BCUT2D eigenvalue weighted by Crippen LogP contribution is -2.33. The zero-order valence-corrected chi connectivity index (χ0v) is 17.2. The molecule has 29 heavy (non-hydrogen) atoms. The van der Waals surface area contributed by atoms with Crippen molar-refractivity contribution in [3.63, 3.8) is 0 Å². The van der Waals surface area contributed by atoms with Gasteiger partial charge >= 0.3 is 0 Å². The van der Waals surface area contributed by atoms with Gasteiger partial charge in [-0.3, -0.25) is 9.10 Å². The fraction of sp³-hybridized carbons (Fsp3) is 0.350. The number of carbonyl (C=O) groups excluding carboxylic acids is 1. The van der Waals surface area contributed by atoms with Crippen LogP contribution >= 0.6 is 0 Å². The molecule has 2 aromatic rings. The van der Waals surface area contributed by atoms with Gasteiger partial charge in [-0.25, -0.2) is 12.8 Å². The van der Waals surface area contributed by atoms with Crippen molar-refractivity contribution in [2.45, 2.75) is 12.8 Å². The number of nitrogens with zero attached hydrogens (tertiary/aromatic N) is 1. The average molecular weight is 424 g/mol. The zero-order chi connectivity index (χ0) is 21.3. The van der Waals surface area contributed by atoms with Crippen LogP contribution in [0.1, 0.15) is 12.8 Å². The van der Waals surface area contributed by atoms with E-state index in [1.54, 1.807) is 37.4 Å². The van der Waals surface area contributed by atoms with Crippen LogP contribution < -0.4 is 19.1 Å². The minimum absolute atomic E-state index is 0.00946. The molecule has 9 heteroatoms. The third-order valence-corrected chi connectivity index (χ3v) is 5.22. The number of methoxy groups -OCH3 is 1. The summed E-state index contributed by atoms with van der Waals surface area (Å²) in [6, 6.07) is 12.7. The number of amides is 1. The number of ether oxygens (including phenoxy) is 2. The predicted octanol–water partition coefficient (Wildman–Crippen LogP) is 2.58. The van der Waals surface area contributed by atoms with Crippen LogP contribution in [-0.2, 0) is 14.8 Å². The van der Waals surface area contributed by atoms with Crippen molar-refractivity contribution in [3.8, 4) is 11.5 Å². The van der Waals surface area contributed by atoms with Crippen LogP contribution in [-0.4, -0.2) is 47.4 Å². The molecule has 2 aromatic carbocycles. The zero-order valence-electron chi connectivity index (χ0n) is 16.4.